The van der Waals surface area contributed by atoms with Crippen LogP contribution in [0.25, 0.3) is 0 Å². The highest BCUT2D eigenvalue weighted by molar-refractivity contribution is 9.10. The molecule has 0 aliphatic carbocycles. The van der Waals surface area contributed by atoms with Gasteiger partial charge in [0, 0.05) is 4.47 Å². The molecule has 0 saturated carbocycles. The quantitative estimate of drug-likeness (QED) is 0.856. The Kier molecular flexibility index (Phi) is 4.78. The normalized spacial score (nSPS) is 12.4. The average Bonchev–Trinajstić information content (AvgIpc) is 2.34. The van der Waals surface area contributed by atoms with E-state index in [1.54, 1.807) is 0 Å². The third-order valence-electron chi connectivity index (χ3n) is 3.18. The van der Waals surface area contributed by atoms with Gasteiger partial charge in [-0.15, -0.1) is 0 Å². The van der Waals surface area contributed by atoms with Crippen molar-refractivity contribution in [2.45, 2.75) is 26.8 Å². The van der Waals surface area contributed by atoms with Gasteiger partial charge in [-0.1, -0.05) is 58.7 Å². The molecule has 19 heavy (non-hydrogen) atoms. The first kappa shape index (κ1) is 14.3. The second kappa shape index (κ2) is 6.36. The Hall–Kier alpha value is -1.12. The van der Waals surface area contributed by atoms with E-state index in [2.05, 4.69) is 84.5 Å². The van der Waals surface area contributed by atoms with Crippen molar-refractivity contribution in [3.63, 3.8) is 0 Å². The summed E-state index contributed by atoms with van der Waals surface area (Å²) in [6, 6.07) is 15.5. The van der Waals surface area contributed by atoms with Gasteiger partial charge in [0.2, 0.25) is 0 Å². The van der Waals surface area contributed by atoms with E-state index in [0.717, 1.165) is 11.0 Å². The molecule has 2 aromatic carbocycles. The standard InChI is InChI=1S/C17H20BrN/c1-4-19-17(14-7-5-6-12(2)8-14)15-9-13(3)10-16(18)11-15/h5-11,17,19H,4H2,1-3H3. The molecule has 0 bridgehead atoms. The first-order valence-electron chi connectivity index (χ1n) is 6.67. The lowest BCUT2D eigenvalue weighted by molar-refractivity contribution is 0.629. The second-order valence-electron chi connectivity index (χ2n) is 4.97. The van der Waals surface area contributed by atoms with E-state index in [-0.39, 0.29) is 6.04 Å². The zero-order valence-electron chi connectivity index (χ0n) is 11.7. The van der Waals surface area contributed by atoms with Gasteiger partial charge >= 0.3 is 0 Å². The van der Waals surface area contributed by atoms with E-state index < -0.39 is 0 Å². The number of hydrogen-bond donors (Lipinski definition) is 1. The van der Waals surface area contributed by atoms with Crippen LogP contribution in [-0.4, -0.2) is 6.54 Å². The highest BCUT2D eigenvalue weighted by Gasteiger charge is 2.13. The molecule has 0 radical (unpaired) electrons. The molecule has 0 fully saturated rings. The summed E-state index contributed by atoms with van der Waals surface area (Å²) in [6.45, 7) is 7.37. The summed E-state index contributed by atoms with van der Waals surface area (Å²) in [5.41, 5.74) is 5.20. The molecule has 1 unspecified atom stereocenters. The average molecular weight is 318 g/mol. The van der Waals surface area contributed by atoms with Gasteiger partial charge in [-0.25, -0.2) is 0 Å². The Morgan fingerprint density at radius 1 is 1.00 bits per heavy atom. The molecule has 100 valence electrons. The Labute approximate surface area is 124 Å². The molecule has 0 aliphatic heterocycles. The smallest absolute Gasteiger partial charge is 0.0577 e. The summed E-state index contributed by atoms with van der Waals surface area (Å²) >= 11 is 3.59. The first-order chi connectivity index (χ1) is 9.10. The van der Waals surface area contributed by atoms with E-state index in [4.69, 9.17) is 0 Å². The van der Waals surface area contributed by atoms with Crippen LogP contribution in [0.2, 0.25) is 0 Å². The third-order valence-corrected chi connectivity index (χ3v) is 3.64. The maximum atomic E-state index is 3.59. The van der Waals surface area contributed by atoms with Crippen LogP contribution >= 0.6 is 15.9 Å². The SMILES string of the molecule is CCNC(c1cccc(C)c1)c1cc(C)cc(Br)c1. The van der Waals surface area contributed by atoms with E-state index in [1.165, 1.54) is 22.3 Å². The van der Waals surface area contributed by atoms with Crippen molar-refractivity contribution in [1.82, 2.24) is 5.32 Å². The predicted octanol–water partition coefficient (Wildman–Crippen LogP) is 4.76. The van der Waals surface area contributed by atoms with E-state index in [1.807, 2.05) is 0 Å². The number of benzene rings is 2. The highest BCUT2D eigenvalue weighted by Crippen LogP contribution is 2.26. The lowest BCUT2D eigenvalue weighted by atomic mass is 9.96. The number of halogens is 1. The fourth-order valence-electron chi connectivity index (χ4n) is 2.41. The summed E-state index contributed by atoms with van der Waals surface area (Å²) < 4.78 is 1.14. The molecule has 0 saturated heterocycles. The largest absolute Gasteiger partial charge is 0.307 e. The predicted molar refractivity (Wildman–Crippen MR) is 85.6 cm³/mol. The van der Waals surface area contributed by atoms with Crippen LogP contribution in [0.5, 0.6) is 0 Å². The molecular formula is C17H20BrN. The van der Waals surface area contributed by atoms with E-state index in [9.17, 15) is 0 Å². The molecule has 0 aromatic heterocycles. The van der Waals surface area contributed by atoms with Gasteiger partial charge in [-0.05, 0) is 49.2 Å². The zero-order valence-corrected chi connectivity index (χ0v) is 13.3. The van der Waals surface area contributed by atoms with Crippen LogP contribution in [0, 0.1) is 13.8 Å². The second-order valence-corrected chi connectivity index (χ2v) is 5.88. The van der Waals surface area contributed by atoms with Gasteiger partial charge < -0.3 is 5.32 Å². The highest BCUT2D eigenvalue weighted by atomic mass is 79.9. The van der Waals surface area contributed by atoms with Gasteiger partial charge in [0.05, 0.1) is 6.04 Å². The molecule has 0 heterocycles. The molecule has 1 N–H and O–H groups in total. The monoisotopic (exact) mass is 317 g/mol. The van der Waals surface area contributed by atoms with E-state index in [0.29, 0.717) is 0 Å². The van der Waals surface area contributed by atoms with Gasteiger partial charge in [-0.2, -0.15) is 0 Å². The topological polar surface area (TPSA) is 12.0 Å². The number of nitrogens with one attached hydrogen (secondary N) is 1. The minimum absolute atomic E-state index is 0.251. The fourth-order valence-corrected chi connectivity index (χ4v) is 3.04. The van der Waals surface area contributed by atoms with Crippen molar-refractivity contribution in [3.05, 3.63) is 69.2 Å². The lowest BCUT2D eigenvalue weighted by Gasteiger charge is -2.20. The summed E-state index contributed by atoms with van der Waals surface area (Å²) in [5, 5.41) is 3.58. The molecule has 0 amide bonds. The molecule has 2 heteroatoms. The molecule has 1 nitrogen and oxygen atoms in total. The first-order valence-corrected chi connectivity index (χ1v) is 7.46. The summed E-state index contributed by atoms with van der Waals surface area (Å²) in [6.07, 6.45) is 0. The Morgan fingerprint density at radius 3 is 2.37 bits per heavy atom. The Morgan fingerprint density at radius 2 is 1.74 bits per heavy atom. The summed E-state index contributed by atoms with van der Waals surface area (Å²) in [5.74, 6) is 0. The molecule has 1 atom stereocenters. The van der Waals surface area contributed by atoms with Gasteiger partial charge in [0.15, 0.2) is 0 Å². The molecule has 2 aromatic rings. The van der Waals surface area contributed by atoms with Crippen LogP contribution in [0.1, 0.15) is 35.2 Å². The van der Waals surface area contributed by atoms with Gasteiger partial charge in [0.25, 0.3) is 0 Å². The van der Waals surface area contributed by atoms with Crippen molar-refractivity contribution in [3.8, 4) is 0 Å². The fraction of sp³-hybridized carbons (Fsp3) is 0.294. The van der Waals surface area contributed by atoms with Gasteiger partial charge in [0.1, 0.15) is 0 Å². The number of aryl methyl sites for hydroxylation is 2. The molecule has 0 aliphatic rings. The van der Waals surface area contributed by atoms with Crippen LogP contribution in [-0.2, 0) is 0 Å². The van der Waals surface area contributed by atoms with Crippen molar-refractivity contribution >= 4 is 15.9 Å². The number of hydrogen-bond acceptors (Lipinski definition) is 1. The Balaban J connectivity index is 2.44. The van der Waals surface area contributed by atoms with Crippen LogP contribution in [0.15, 0.2) is 46.9 Å². The molecule has 0 spiro atoms. The molecule has 2 rings (SSSR count). The lowest BCUT2D eigenvalue weighted by Crippen LogP contribution is -2.22. The minimum Gasteiger partial charge on any atom is -0.307 e. The number of rotatable bonds is 4. The zero-order chi connectivity index (χ0) is 13.8. The summed E-state index contributed by atoms with van der Waals surface area (Å²) in [4.78, 5) is 0. The van der Waals surface area contributed by atoms with E-state index >= 15 is 0 Å². The molecular weight excluding hydrogens is 298 g/mol. The van der Waals surface area contributed by atoms with Crippen molar-refractivity contribution < 1.29 is 0 Å². The Bertz CT molecular complexity index is 543. The van der Waals surface area contributed by atoms with Crippen molar-refractivity contribution in [2.75, 3.05) is 6.54 Å². The summed E-state index contributed by atoms with van der Waals surface area (Å²) in [7, 11) is 0. The third kappa shape index (κ3) is 3.68. The van der Waals surface area contributed by atoms with Crippen molar-refractivity contribution in [2.24, 2.45) is 0 Å². The van der Waals surface area contributed by atoms with Crippen LogP contribution < -0.4 is 5.32 Å². The van der Waals surface area contributed by atoms with Crippen LogP contribution in [0.4, 0.5) is 0 Å². The van der Waals surface area contributed by atoms with Crippen LogP contribution in [0.3, 0.4) is 0 Å². The minimum atomic E-state index is 0.251. The van der Waals surface area contributed by atoms with Gasteiger partial charge in [-0.3, -0.25) is 0 Å². The van der Waals surface area contributed by atoms with Crippen molar-refractivity contribution in [1.29, 1.82) is 0 Å². The maximum Gasteiger partial charge on any atom is 0.0577 e. The maximum absolute atomic E-state index is 3.59.